The first kappa shape index (κ1) is 74.8. The highest BCUT2D eigenvalue weighted by atomic mass is 16.6. The molecule has 0 bridgehead atoms. The first-order valence-corrected chi connectivity index (χ1v) is 33.0. The Labute approximate surface area is 488 Å². The van der Waals surface area contributed by atoms with Crippen molar-refractivity contribution in [3.63, 3.8) is 0 Å². The second kappa shape index (κ2) is 66.3. The molecule has 1 atom stereocenters. The van der Waals surface area contributed by atoms with Gasteiger partial charge in [0.05, 0.1) is 0 Å². The van der Waals surface area contributed by atoms with Crippen LogP contribution in [0.4, 0.5) is 0 Å². The first-order valence-electron chi connectivity index (χ1n) is 33.0. The summed E-state index contributed by atoms with van der Waals surface area (Å²) in [5.41, 5.74) is 0. The molecule has 1 unspecified atom stereocenters. The molecule has 0 aliphatic carbocycles. The predicted molar refractivity (Wildman–Crippen MR) is 343 cm³/mol. The lowest BCUT2D eigenvalue weighted by Gasteiger charge is -2.18. The Bertz CT molecular complexity index is 1640. The topological polar surface area (TPSA) is 78.9 Å². The Kier molecular flexibility index (Phi) is 62.8. The van der Waals surface area contributed by atoms with Crippen LogP contribution in [0, 0.1) is 0 Å². The highest BCUT2D eigenvalue weighted by Crippen LogP contribution is 2.15. The van der Waals surface area contributed by atoms with Gasteiger partial charge in [-0.2, -0.15) is 0 Å². The molecule has 6 heteroatoms. The summed E-state index contributed by atoms with van der Waals surface area (Å²) in [5.74, 6) is -0.906. The highest BCUT2D eigenvalue weighted by molar-refractivity contribution is 5.71. The minimum Gasteiger partial charge on any atom is -0.462 e. The average molecular weight is 1100 g/mol. The van der Waals surface area contributed by atoms with Gasteiger partial charge in [0.2, 0.25) is 0 Å². The summed E-state index contributed by atoms with van der Waals surface area (Å²) in [5, 5.41) is 0. The number of carbonyl (C=O) groups excluding carboxylic acids is 3. The minimum absolute atomic E-state index is 0.0894. The van der Waals surface area contributed by atoms with E-state index in [0.717, 1.165) is 128 Å². The molecule has 6 nitrogen and oxygen atoms in total. The van der Waals surface area contributed by atoms with Crippen molar-refractivity contribution >= 4 is 17.9 Å². The molecule has 0 aliphatic heterocycles. The molecule has 0 rings (SSSR count). The van der Waals surface area contributed by atoms with Crippen molar-refractivity contribution in [2.45, 2.75) is 309 Å². The van der Waals surface area contributed by atoms with Crippen LogP contribution in [-0.4, -0.2) is 37.2 Å². The van der Waals surface area contributed by atoms with Gasteiger partial charge in [0.1, 0.15) is 13.2 Å². The summed E-state index contributed by atoms with van der Waals surface area (Å²) in [6.07, 6.45) is 91.9. The number of hydrogen-bond donors (Lipinski definition) is 0. The summed E-state index contributed by atoms with van der Waals surface area (Å²) in [4.78, 5) is 38.4. The fourth-order valence-electron chi connectivity index (χ4n) is 8.98. The molecule has 0 fully saturated rings. The molecule has 0 radical (unpaired) electrons. The minimum atomic E-state index is -0.794. The molecular weight excluding hydrogens is 973 g/mol. The number of esters is 3. The van der Waals surface area contributed by atoms with Gasteiger partial charge in [0, 0.05) is 19.3 Å². The largest absolute Gasteiger partial charge is 0.462 e. The average Bonchev–Trinajstić information content (AvgIpc) is 3.45. The van der Waals surface area contributed by atoms with E-state index in [-0.39, 0.29) is 31.1 Å². The molecule has 0 saturated carbocycles. The summed E-state index contributed by atoms with van der Waals surface area (Å²) in [7, 11) is 0. The zero-order valence-corrected chi connectivity index (χ0v) is 51.6. The highest BCUT2D eigenvalue weighted by Gasteiger charge is 2.19. The van der Waals surface area contributed by atoms with E-state index in [1.807, 2.05) is 0 Å². The van der Waals surface area contributed by atoms with Crippen molar-refractivity contribution in [2.24, 2.45) is 0 Å². The lowest BCUT2D eigenvalue weighted by molar-refractivity contribution is -0.167. The van der Waals surface area contributed by atoms with Crippen LogP contribution in [-0.2, 0) is 28.6 Å². The third-order valence-corrected chi connectivity index (χ3v) is 13.9. The van der Waals surface area contributed by atoms with Gasteiger partial charge in [-0.25, -0.2) is 0 Å². The van der Waals surface area contributed by atoms with Crippen molar-refractivity contribution in [3.8, 4) is 0 Å². The van der Waals surface area contributed by atoms with E-state index in [2.05, 4.69) is 142 Å². The van der Waals surface area contributed by atoms with Crippen LogP contribution in [0.2, 0.25) is 0 Å². The summed E-state index contributed by atoms with van der Waals surface area (Å²) < 4.78 is 16.9. The third kappa shape index (κ3) is 64.5. The maximum atomic E-state index is 12.9. The molecule has 0 aliphatic rings. The number of rotatable bonds is 59. The summed E-state index contributed by atoms with van der Waals surface area (Å²) >= 11 is 0. The Morgan fingerprint density at radius 3 is 0.772 bits per heavy atom. The second-order valence-electron chi connectivity index (χ2n) is 21.6. The molecule has 0 heterocycles. The molecule has 0 saturated heterocycles. The number of hydrogen-bond acceptors (Lipinski definition) is 6. The standard InChI is InChI=1S/C73H122O6/c1-4-7-10-13-16-19-22-25-28-31-32-33-34-35-36-37-38-39-40-43-45-48-51-54-57-60-63-66-72(75)78-69-70(79-73(76)67-64-61-58-55-52-49-46-42-30-27-24-21-18-15-12-9-6-3)68-77-71(74)65-62-59-56-53-50-47-44-41-29-26-23-20-17-14-11-8-5-2/h7,10,16-21,25-30,32-33,35-36,38-39,70H,4-6,8-9,11-15,22-24,31,34,37,40-69H2,1-3H3/b10-7-,19-16-,20-17-,21-18-,28-25-,29-26-,30-27-,33-32-,36-35-,39-38-. The van der Waals surface area contributed by atoms with E-state index >= 15 is 0 Å². The van der Waals surface area contributed by atoms with E-state index in [1.54, 1.807) is 0 Å². The van der Waals surface area contributed by atoms with E-state index in [4.69, 9.17) is 14.2 Å². The van der Waals surface area contributed by atoms with E-state index < -0.39 is 6.10 Å². The number of allylic oxidation sites excluding steroid dienone is 20. The van der Waals surface area contributed by atoms with Crippen LogP contribution in [0.5, 0.6) is 0 Å². The van der Waals surface area contributed by atoms with Gasteiger partial charge in [-0.15, -0.1) is 0 Å². The van der Waals surface area contributed by atoms with E-state index in [9.17, 15) is 14.4 Å². The molecule has 79 heavy (non-hydrogen) atoms. The van der Waals surface area contributed by atoms with E-state index in [0.29, 0.717) is 19.3 Å². The summed E-state index contributed by atoms with van der Waals surface area (Å²) in [6.45, 7) is 6.48. The van der Waals surface area contributed by atoms with Crippen LogP contribution < -0.4 is 0 Å². The molecule has 0 amide bonds. The van der Waals surface area contributed by atoms with Gasteiger partial charge in [-0.3, -0.25) is 14.4 Å². The Morgan fingerprint density at radius 1 is 0.266 bits per heavy atom. The Hall–Kier alpha value is -4.19. The van der Waals surface area contributed by atoms with Crippen molar-refractivity contribution in [3.05, 3.63) is 122 Å². The molecule has 0 aromatic carbocycles. The molecule has 0 aromatic heterocycles. The third-order valence-electron chi connectivity index (χ3n) is 13.9. The van der Waals surface area contributed by atoms with Crippen molar-refractivity contribution in [2.75, 3.05) is 13.2 Å². The molecule has 0 N–H and O–H groups in total. The number of ether oxygens (including phenoxy) is 3. The smallest absolute Gasteiger partial charge is 0.306 e. The lowest BCUT2D eigenvalue weighted by atomic mass is 10.1. The zero-order chi connectivity index (χ0) is 57.1. The zero-order valence-electron chi connectivity index (χ0n) is 51.6. The molecule has 0 aromatic rings. The van der Waals surface area contributed by atoms with Crippen molar-refractivity contribution in [1.82, 2.24) is 0 Å². The van der Waals surface area contributed by atoms with Gasteiger partial charge in [0.25, 0.3) is 0 Å². The normalized spacial score (nSPS) is 12.9. The second-order valence-corrected chi connectivity index (χ2v) is 21.6. The van der Waals surface area contributed by atoms with Crippen LogP contribution in [0.25, 0.3) is 0 Å². The Balaban J connectivity index is 4.39. The fourth-order valence-corrected chi connectivity index (χ4v) is 8.98. The van der Waals surface area contributed by atoms with Gasteiger partial charge in [-0.05, 0) is 135 Å². The number of carbonyl (C=O) groups is 3. The van der Waals surface area contributed by atoms with Crippen molar-refractivity contribution < 1.29 is 28.6 Å². The summed E-state index contributed by atoms with van der Waals surface area (Å²) in [6, 6.07) is 0. The maximum absolute atomic E-state index is 12.9. The first-order chi connectivity index (χ1) is 39.0. The van der Waals surface area contributed by atoms with Gasteiger partial charge >= 0.3 is 17.9 Å². The van der Waals surface area contributed by atoms with Crippen LogP contribution >= 0.6 is 0 Å². The van der Waals surface area contributed by atoms with Gasteiger partial charge in [-0.1, -0.05) is 271 Å². The van der Waals surface area contributed by atoms with Crippen LogP contribution in [0.1, 0.15) is 303 Å². The van der Waals surface area contributed by atoms with E-state index in [1.165, 1.54) is 135 Å². The Morgan fingerprint density at radius 2 is 0.494 bits per heavy atom. The van der Waals surface area contributed by atoms with Gasteiger partial charge < -0.3 is 14.2 Å². The predicted octanol–water partition coefficient (Wildman–Crippen LogP) is 22.8. The molecule has 0 spiro atoms. The fraction of sp³-hybridized carbons (Fsp3) is 0.685. The van der Waals surface area contributed by atoms with Crippen LogP contribution in [0.3, 0.4) is 0 Å². The number of unbranched alkanes of at least 4 members (excludes halogenated alkanes) is 28. The maximum Gasteiger partial charge on any atom is 0.306 e. The van der Waals surface area contributed by atoms with Gasteiger partial charge in [0.15, 0.2) is 6.10 Å². The monoisotopic (exact) mass is 1090 g/mol. The quantitative estimate of drug-likeness (QED) is 0.0261. The molecular formula is C73H122O6. The SMILES string of the molecule is CC/C=C\C/C=C\C/C=C\C/C=C\C/C=C\C/C=C\CCCCCCCCCCC(=O)OCC(COC(=O)CCCCCCCCC/C=C\C/C=C\CCCCC)OC(=O)CCCCCCCCC/C=C\C/C=C\CCCCC. The van der Waals surface area contributed by atoms with Crippen LogP contribution in [0.15, 0.2) is 122 Å². The lowest BCUT2D eigenvalue weighted by Crippen LogP contribution is -2.30. The van der Waals surface area contributed by atoms with Crippen molar-refractivity contribution in [1.29, 1.82) is 0 Å². The molecule has 450 valence electrons.